The van der Waals surface area contributed by atoms with Gasteiger partial charge in [-0.2, -0.15) is 4.39 Å². The fraction of sp³-hybridized carbons (Fsp3) is 0. The molecule has 0 aliphatic rings. The van der Waals surface area contributed by atoms with Crippen molar-refractivity contribution in [3.05, 3.63) is 53.7 Å². The van der Waals surface area contributed by atoms with E-state index in [2.05, 4.69) is 4.98 Å². The van der Waals surface area contributed by atoms with Crippen LogP contribution in [-0.2, 0) is 10.0 Å². The lowest BCUT2D eigenvalue weighted by atomic mass is 10.3. The molecule has 0 aliphatic carbocycles. The van der Waals surface area contributed by atoms with E-state index < -0.39 is 44.1 Å². The lowest BCUT2D eigenvalue weighted by molar-refractivity contribution is 0.482. The molecule has 0 unspecified atom stereocenters. The average molecular weight is 306 g/mol. The van der Waals surface area contributed by atoms with Gasteiger partial charge < -0.3 is 0 Å². The summed E-state index contributed by atoms with van der Waals surface area (Å²) in [5, 5.41) is 0. The molecule has 0 radical (unpaired) electrons. The van der Waals surface area contributed by atoms with Crippen LogP contribution in [0.1, 0.15) is 0 Å². The zero-order chi connectivity index (χ0) is 14.9. The zero-order valence-electron chi connectivity index (χ0n) is 9.57. The molecular weight excluding hydrogens is 300 g/mol. The van der Waals surface area contributed by atoms with Crippen molar-refractivity contribution in [3.63, 3.8) is 0 Å². The maximum atomic E-state index is 13.4. The van der Waals surface area contributed by atoms with Gasteiger partial charge >= 0.3 is 0 Å². The fourth-order valence-corrected chi connectivity index (χ4v) is 2.44. The van der Waals surface area contributed by atoms with E-state index in [0.717, 1.165) is 12.1 Å². The number of nitrogens with one attached hydrogen (secondary N) is 1. The van der Waals surface area contributed by atoms with Crippen LogP contribution in [0.25, 0.3) is 0 Å². The second-order valence-corrected chi connectivity index (χ2v) is 5.30. The van der Waals surface area contributed by atoms with Gasteiger partial charge in [0.05, 0.1) is 0 Å². The molecule has 0 saturated carbocycles. The zero-order valence-corrected chi connectivity index (χ0v) is 10.4. The Kier molecular flexibility index (Phi) is 3.62. The third kappa shape index (κ3) is 2.87. The first-order valence-corrected chi connectivity index (χ1v) is 6.58. The summed E-state index contributed by atoms with van der Waals surface area (Å²) in [6.45, 7) is 0. The van der Waals surface area contributed by atoms with E-state index in [1.165, 1.54) is 6.07 Å². The molecular formula is C11H6F4N2O2S. The van der Waals surface area contributed by atoms with Crippen LogP contribution in [0, 0.1) is 23.4 Å². The Labute approximate surface area is 111 Å². The molecule has 1 N–H and O–H groups in total. The minimum atomic E-state index is -4.56. The van der Waals surface area contributed by atoms with Crippen LogP contribution >= 0.6 is 0 Å². The first-order chi connectivity index (χ1) is 9.29. The van der Waals surface area contributed by atoms with Crippen LogP contribution in [0.5, 0.6) is 0 Å². The predicted octanol–water partition coefficient (Wildman–Crippen LogP) is 2.44. The first kappa shape index (κ1) is 14.3. The maximum absolute atomic E-state index is 13.4. The third-order valence-electron chi connectivity index (χ3n) is 2.22. The molecule has 1 heterocycles. The maximum Gasteiger partial charge on any atom is 0.266 e. The number of rotatable bonds is 3. The summed E-state index contributed by atoms with van der Waals surface area (Å²) in [5.74, 6) is -5.91. The van der Waals surface area contributed by atoms with Gasteiger partial charge in [-0.1, -0.05) is 6.07 Å². The molecule has 1 aromatic carbocycles. The van der Waals surface area contributed by atoms with E-state index in [1.807, 2.05) is 0 Å². The van der Waals surface area contributed by atoms with E-state index in [1.54, 1.807) is 4.72 Å². The highest BCUT2D eigenvalue weighted by molar-refractivity contribution is 7.92. The molecule has 0 amide bonds. The molecule has 2 aromatic rings. The molecule has 9 heteroatoms. The molecule has 0 fully saturated rings. The Morgan fingerprint density at radius 2 is 1.60 bits per heavy atom. The number of aromatic nitrogens is 1. The van der Waals surface area contributed by atoms with Crippen LogP contribution < -0.4 is 4.72 Å². The Morgan fingerprint density at radius 1 is 0.950 bits per heavy atom. The summed E-state index contributed by atoms with van der Waals surface area (Å²) >= 11 is 0. The van der Waals surface area contributed by atoms with Crippen molar-refractivity contribution in [2.75, 3.05) is 4.72 Å². The number of sulfonamides is 1. The number of hydrogen-bond acceptors (Lipinski definition) is 3. The Morgan fingerprint density at radius 3 is 2.25 bits per heavy atom. The van der Waals surface area contributed by atoms with Gasteiger partial charge in [0.25, 0.3) is 10.0 Å². The summed E-state index contributed by atoms with van der Waals surface area (Å²) in [4.78, 5) is 2.10. The van der Waals surface area contributed by atoms with Gasteiger partial charge in [0.2, 0.25) is 5.95 Å². The molecule has 4 nitrogen and oxygen atoms in total. The minimum Gasteiger partial charge on any atom is -0.263 e. The number of hydrogen-bond donors (Lipinski definition) is 1. The van der Waals surface area contributed by atoms with Crippen molar-refractivity contribution in [2.24, 2.45) is 0 Å². The first-order valence-electron chi connectivity index (χ1n) is 5.09. The number of nitrogens with zero attached hydrogens (tertiary/aromatic N) is 1. The van der Waals surface area contributed by atoms with Crippen LogP contribution in [0.3, 0.4) is 0 Å². The molecule has 106 valence electrons. The van der Waals surface area contributed by atoms with Crippen molar-refractivity contribution < 1.29 is 26.0 Å². The highest BCUT2D eigenvalue weighted by atomic mass is 32.2. The van der Waals surface area contributed by atoms with Crippen molar-refractivity contribution in [2.45, 2.75) is 4.90 Å². The predicted molar refractivity (Wildman–Crippen MR) is 61.3 cm³/mol. The summed E-state index contributed by atoms with van der Waals surface area (Å²) < 4.78 is 77.3. The van der Waals surface area contributed by atoms with E-state index in [4.69, 9.17) is 0 Å². The molecule has 0 bridgehead atoms. The molecule has 0 spiro atoms. The number of pyridine rings is 1. The molecule has 0 aliphatic heterocycles. The number of benzene rings is 1. The van der Waals surface area contributed by atoms with Crippen LogP contribution in [0.15, 0.2) is 35.2 Å². The van der Waals surface area contributed by atoms with Crippen molar-refractivity contribution in [1.29, 1.82) is 0 Å². The molecule has 1 aromatic heterocycles. The normalized spacial score (nSPS) is 11.4. The van der Waals surface area contributed by atoms with Gasteiger partial charge in [-0.15, -0.1) is 0 Å². The van der Waals surface area contributed by atoms with E-state index in [0.29, 0.717) is 0 Å². The average Bonchev–Trinajstić information content (AvgIpc) is 2.33. The molecule has 0 atom stereocenters. The third-order valence-corrected chi connectivity index (χ3v) is 3.59. The topological polar surface area (TPSA) is 59.1 Å². The van der Waals surface area contributed by atoms with Crippen LogP contribution in [0.2, 0.25) is 0 Å². The lowest BCUT2D eigenvalue weighted by Crippen LogP contribution is -2.16. The smallest absolute Gasteiger partial charge is 0.263 e. The quantitative estimate of drug-likeness (QED) is 0.538. The van der Waals surface area contributed by atoms with Crippen molar-refractivity contribution in [3.8, 4) is 0 Å². The van der Waals surface area contributed by atoms with E-state index in [9.17, 15) is 26.0 Å². The van der Waals surface area contributed by atoms with E-state index in [-0.39, 0.29) is 12.1 Å². The summed E-state index contributed by atoms with van der Waals surface area (Å²) in [6, 6.07) is 3.53. The second kappa shape index (κ2) is 5.08. The van der Waals surface area contributed by atoms with Gasteiger partial charge in [-0.3, -0.25) is 4.72 Å². The molecule has 20 heavy (non-hydrogen) atoms. The van der Waals surface area contributed by atoms with Gasteiger partial charge in [0.15, 0.2) is 11.6 Å². The summed E-state index contributed by atoms with van der Waals surface area (Å²) in [5.41, 5.74) is 0. The van der Waals surface area contributed by atoms with Crippen LogP contribution in [0.4, 0.5) is 23.4 Å². The van der Waals surface area contributed by atoms with Gasteiger partial charge in [0.1, 0.15) is 16.5 Å². The van der Waals surface area contributed by atoms with Gasteiger partial charge in [0, 0.05) is 12.1 Å². The van der Waals surface area contributed by atoms with Crippen molar-refractivity contribution >= 4 is 15.8 Å². The SMILES string of the molecule is O=S(=O)(Nc1cccc(F)n1)c1cc(F)c(F)cc1F. The Hall–Kier alpha value is -2.16. The highest BCUT2D eigenvalue weighted by Gasteiger charge is 2.22. The summed E-state index contributed by atoms with van der Waals surface area (Å²) in [7, 11) is -4.56. The second-order valence-electron chi connectivity index (χ2n) is 3.65. The summed E-state index contributed by atoms with van der Waals surface area (Å²) in [6.07, 6.45) is 0. The Bertz CT molecular complexity index is 765. The molecule has 0 saturated heterocycles. The van der Waals surface area contributed by atoms with Crippen molar-refractivity contribution in [1.82, 2.24) is 4.98 Å². The van der Waals surface area contributed by atoms with Gasteiger partial charge in [-0.05, 0) is 12.1 Å². The molecule has 2 rings (SSSR count). The van der Waals surface area contributed by atoms with Crippen LogP contribution in [-0.4, -0.2) is 13.4 Å². The minimum absolute atomic E-state index is 0.100. The monoisotopic (exact) mass is 306 g/mol. The largest absolute Gasteiger partial charge is 0.266 e. The lowest BCUT2D eigenvalue weighted by Gasteiger charge is -2.08. The standard InChI is InChI=1S/C11H6F4N2O2S/c12-6-4-8(14)9(5-7(6)13)20(18,19)17-11-3-1-2-10(15)16-11/h1-5H,(H,16,17). The van der Waals surface area contributed by atoms with E-state index >= 15 is 0 Å². The number of anilines is 1. The van der Waals surface area contributed by atoms with Gasteiger partial charge in [-0.25, -0.2) is 26.6 Å². The Balaban J connectivity index is 2.43. The number of halogens is 4. The highest BCUT2D eigenvalue weighted by Crippen LogP contribution is 2.20. The fourth-order valence-electron chi connectivity index (χ4n) is 1.37.